The van der Waals surface area contributed by atoms with E-state index in [1.165, 1.54) is 0 Å². The van der Waals surface area contributed by atoms with Crippen molar-refractivity contribution in [3.05, 3.63) is 35.9 Å². The lowest BCUT2D eigenvalue weighted by atomic mass is 10.1. The Kier molecular flexibility index (Phi) is 3.05. The lowest BCUT2D eigenvalue weighted by molar-refractivity contribution is 0.178. The molecule has 0 aliphatic heterocycles. The van der Waals surface area contributed by atoms with Crippen LogP contribution in [0.4, 0.5) is 0 Å². The Labute approximate surface area is 94.3 Å². The molecule has 0 bridgehead atoms. The van der Waals surface area contributed by atoms with E-state index in [2.05, 4.69) is 10.2 Å². The minimum Gasteiger partial charge on any atom is -0.388 e. The van der Waals surface area contributed by atoms with Crippen LogP contribution in [0.25, 0.3) is 0 Å². The molecule has 86 valence electrons. The summed E-state index contributed by atoms with van der Waals surface area (Å²) in [5.41, 5.74) is 1.88. The topological polar surface area (TPSA) is 55.9 Å². The highest BCUT2D eigenvalue weighted by Crippen LogP contribution is 2.17. The first-order valence-electron chi connectivity index (χ1n) is 5.37. The highest BCUT2D eigenvalue weighted by molar-refractivity contribution is 5.14. The van der Waals surface area contributed by atoms with Crippen molar-refractivity contribution in [3.8, 4) is 0 Å². The zero-order valence-electron chi connectivity index (χ0n) is 9.54. The summed E-state index contributed by atoms with van der Waals surface area (Å²) in [6.07, 6.45) is 7.33. The molecule has 2 heterocycles. The van der Waals surface area contributed by atoms with Crippen molar-refractivity contribution in [2.45, 2.75) is 26.0 Å². The summed E-state index contributed by atoms with van der Waals surface area (Å²) in [4.78, 5) is 0. The molecular weight excluding hydrogens is 204 g/mol. The molecule has 0 spiro atoms. The number of aliphatic hydroxyl groups excluding tert-OH is 1. The molecule has 0 fully saturated rings. The summed E-state index contributed by atoms with van der Waals surface area (Å²) in [7, 11) is 1.87. The number of hydrogen-bond donors (Lipinski definition) is 1. The van der Waals surface area contributed by atoms with Gasteiger partial charge in [0.1, 0.15) is 0 Å². The maximum Gasteiger partial charge on any atom is 0.0861 e. The average molecular weight is 220 g/mol. The smallest absolute Gasteiger partial charge is 0.0861 e. The summed E-state index contributed by atoms with van der Waals surface area (Å²) in [6.45, 7) is 2.84. The van der Waals surface area contributed by atoms with Crippen molar-refractivity contribution in [2.75, 3.05) is 0 Å². The van der Waals surface area contributed by atoms with Crippen LogP contribution in [0.1, 0.15) is 24.2 Å². The Balaban J connectivity index is 2.05. The molecular formula is C11H16N4O. The molecule has 2 rings (SSSR count). The average Bonchev–Trinajstić information content (AvgIpc) is 2.87. The predicted molar refractivity (Wildman–Crippen MR) is 59.8 cm³/mol. The summed E-state index contributed by atoms with van der Waals surface area (Å²) in [6, 6.07) is 0. The highest BCUT2D eigenvalue weighted by atomic mass is 16.3. The van der Waals surface area contributed by atoms with E-state index in [9.17, 15) is 5.11 Å². The molecule has 1 unspecified atom stereocenters. The Bertz CT molecular complexity index is 460. The van der Waals surface area contributed by atoms with Crippen LogP contribution in [0, 0.1) is 0 Å². The third kappa shape index (κ3) is 2.30. The van der Waals surface area contributed by atoms with Crippen molar-refractivity contribution in [3.63, 3.8) is 0 Å². The molecule has 0 aliphatic rings. The molecule has 0 radical (unpaired) electrons. The number of aromatic nitrogens is 4. The van der Waals surface area contributed by atoms with Crippen molar-refractivity contribution in [2.24, 2.45) is 7.05 Å². The van der Waals surface area contributed by atoms with Gasteiger partial charge in [-0.25, -0.2) is 0 Å². The molecule has 2 aromatic heterocycles. The molecule has 2 aromatic rings. The van der Waals surface area contributed by atoms with Gasteiger partial charge in [-0.05, 0) is 12.5 Å². The second-order valence-corrected chi connectivity index (χ2v) is 3.87. The first-order chi connectivity index (χ1) is 7.69. The second kappa shape index (κ2) is 4.49. The van der Waals surface area contributed by atoms with Crippen molar-refractivity contribution in [1.29, 1.82) is 0 Å². The Morgan fingerprint density at radius 3 is 2.69 bits per heavy atom. The summed E-state index contributed by atoms with van der Waals surface area (Å²) >= 11 is 0. The van der Waals surface area contributed by atoms with Crippen molar-refractivity contribution < 1.29 is 5.11 Å². The third-order valence-corrected chi connectivity index (χ3v) is 2.55. The van der Waals surface area contributed by atoms with Crippen LogP contribution in [0.15, 0.2) is 24.8 Å². The SMILES string of the molecule is CCn1cc(C(O)Cc2cnn(C)c2)cn1. The summed E-state index contributed by atoms with van der Waals surface area (Å²) < 4.78 is 3.54. The standard InChI is InChI=1S/C11H16N4O/c1-3-15-8-10(6-13-15)11(16)4-9-5-12-14(2)7-9/h5-8,11,16H,3-4H2,1-2H3. The van der Waals surface area contributed by atoms with E-state index in [0.717, 1.165) is 17.7 Å². The van der Waals surface area contributed by atoms with Crippen molar-refractivity contribution >= 4 is 0 Å². The predicted octanol–water partition coefficient (Wildman–Crippen LogP) is 0.913. The molecule has 0 aliphatic carbocycles. The van der Waals surface area contributed by atoms with Gasteiger partial charge in [-0.1, -0.05) is 0 Å². The number of hydrogen-bond acceptors (Lipinski definition) is 3. The molecule has 0 aromatic carbocycles. The van der Waals surface area contributed by atoms with E-state index in [1.807, 2.05) is 31.0 Å². The molecule has 1 N–H and O–H groups in total. The lowest BCUT2D eigenvalue weighted by Crippen LogP contribution is -2.00. The minimum absolute atomic E-state index is 0.510. The fourth-order valence-corrected chi connectivity index (χ4v) is 1.64. The van der Waals surface area contributed by atoms with Gasteiger partial charge in [0.25, 0.3) is 0 Å². The van der Waals surface area contributed by atoms with Gasteiger partial charge in [-0.3, -0.25) is 9.36 Å². The van der Waals surface area contributed by atoms with E-state index >= 15 is 0 Å². The lowest BCUT2D eigenvalue weighted by Gasteiger charge is -2.05. The van der Waals surface area contributed by atoms with E-state index in [4.69, 9.17) is 0 Å². The van der Waals surface area contributed by atoms with Crippen LogP contribution in [0.5, 0.6) is 0 Å². The fourth-order valence-electron chi connectivity index (χ4n) is 1.64. The normalized spacial score (nSPS) is 12.9. The molecule has 5 heteroatoms. The van der Waals surface area contributed by atoms with E-state index < -0.39 is 6.10 Å². The summed E-state index contributed by atoms with van der Waals surface area (Å²) in [5.74, 6) is 0. The molecule has 1 atom stereocenters. The number of aliphatic hydroxyl groups is 1. The molecule has 16 heavy (non-hydrogen) atoms. The van der Waals surface area contributed by atoms with E-state index in [-0.39, 0.29) is 0 Å². The Morgan fingerprint density at radius 2 is 2.12 bits per heavy atom. The maximum atomic E-state index is 10.0. The van der Waals surface area contributed by atoms with Crippen molar-refractivity contribution in [1.82, 2.24) is 19.6 Å². The van der Waals surface area contributed by atoms with Gasteiger partial charge < -0.3 is 5.11 Å². The number of rotatable bonds is 4. The van der Waals surface area contributed by atoms with E-state index in [1.54, 1.807) is 17.1 Å². The minimum atomic E-state index is -0.510. The summed E-state index contributed by atoms with van der Waals surface area (Å²) in [5, 5.41) is 18.2. The largest absolute Gasteiger partial charge is 0.388 e. The van der Waals surface area contributed by atoms with Gasteiger partial charge in [0.05, 0.1) is 18.5 Å². The number of nitrogens with zero attached hydrogens (tertiary/aromatic N) is 4. The first-order valence-corrected chi connectivity index (χ1v) is 5.37. The molecule has 0 saturated heterocycles. The van der Waals surface area contributed by atoms with Gasteiger partial charge in [0, 0.05) is 38.0 Å². The van der Waals surface area contributed by atoms with Gasteiger partial charge in [-0.2, -0.15) is 10.2 Å². The van der Waals surface area contributed by atoms with Gasteiger partial charge in [0.15, 0.2) is 0 Å². The molecule has 0 saturated carbocycles. The van der Waals surface area contributed by atoms with Gasteiger partial charge in [-0.15, -0.1) is 0 Å². The zero-order chi connectivity index (χ0) is 11.5. The van der Waals surface area contributed by atoms with Gasteiger partial charge in [0.2, 0.25) is 0 Å². The molecule has 0 amide bonds. The monoisotopic (exact) mass is 220 g/mol. The second-order valence-electron chi connectivity index (χ2n) is 3.87. The van der Waals surface area contributed by atoms with E-state index in [0.29, 0.717) is 6.42 Å². The highest BCUT2D eigenvalue weighted by Gasteiger charge is 2.11. The quantitative estimate of drug-likeness (QED) is 0.833. The van der Waals surface area contributed by atoms with Crippen LogP contribution < -0.4 is 0 Å². The van der Waals surface area contributed by atoms with Crippen LogP contribution in [0.2, 0.25) is 0 Å². The van der Waals surface area contributed by atoms with Crippen LogP contribution >= 0.6 is 0 Å². The van der Waals surface area contributed by atoms with Crippen LogP contribution in [-0.4, -0.2) is 24.7 Å². The zero-order valence-corrected chi connectivity index (χ0v) is 9.54. The van der Waals surface area contributed by atoms with Gasteiger partial charge >= 0.3 is 0 Å². The maximum absolute atomic E-state index is 10.0. The Morgan fingerprint density at radius 1 is 1.31 bits per heavy atom. The van der Waals surface area contributed by atoms with Crippen LogP contribution in [-0.2, 0) is 20.0 Å². The Hall–Kier alpha value is -1.62. The fraction of sp³-hybridized carbons (Fsp3) is 0.455. The molecule has 5 nitrogen and oxygen atoms in total. The van der Waals surface area contributed by atoms with Crippen LogP contribution in [0.3, 0.4) is 0 Å². The first kappa shape index (κ1) is 10.9. The number of aryl methyl sites for hydroxylation is 2. The third-order valence-electron chi connectivity index (χ3n) is 2.55.